The molecule has 0 bridgehead atoms. The van der Waals surface area contributed by atoms with Crippen LogP contribution in [0, 0.1) is 18.3 Å². The Bertz CT molecular complexity index is 1100. The number of hydrogen-bond donors (Lipinski definition) is 1. The SMILES string of the molecule is Cc1ccc(C(=O)Nc2cccn(C3CC(F)(F)C3)c2=O)c(N2CCC3(C)CC3C2)c1. The van der Waals surface area contributed by atoms with Gasteiger partial charge in [0.2, 0.25) is 0 Å². The van der Waals surface area contributed by atoms with Gasteiger partial charge < -0.3 is 14.8 Å². The van der Waals surface area contributed by atoms with Crippen molar-refractivity contribution < 1.29 is 13.6 Å². The van der Waals surface area contributed by atoms with Gasteiger partial charge in [-0.25, -0.2) is 8.78 Å². The molecule has 31 heavy (non-hydrogen) atoms. The summed E-state index contributed by atoms with van der Waals surface area (Å²) in [6, 6.07) is 8.33. The van der Waals surface area contributed by atoms with Crippen molar-refractivity contribution >= 4 is 17.3 Å². The van der Waals surface area contributed by atoms with Gasteiger partial charge in [0.1, 0.15) is 5.69 Å². The lowest BCUT2D eigenvalue weighted by atomic mass is 9.88. The molecule has 1 amide bonds. The molecule has 164 valence electrons. The third kappa shape index (κ3) is 3.64. The fourth-order valence-corrected chi connectivity index (χ4v) is 5.07. The van der Waals surface area contributed by atoms with E-state index in [4.69, 9.17) is 0 Å². The molecule has 2 aromatic rings. The van der Waals surface area contributed by atoms with Gasteiger partial charge in [-0.15, -0.1) is 0 Å². The Morgan fingerprint density at radius 3 is 2.68 bits per heavy atom. The van der Waals surface area contributed by atoms with Crippen LogP contribution < -0.4 is 15.8 Å². The molecule has 7 heteroatoms. The van der Waals surface area contributed by atoms with Gasteiger partial charge in [0, 0.05) is 43.9 Å². The second-order valence-electron chi connectivity index (χ2n) is 9.78. The second-order valence-corrected chi connectivity index (χ2v) is 9.78. The van der Waals surface area contributed by atoms with Crippen LogP contribution in [0.25, 0.3) is 0 Å². The second kappa shape index (κ2) is 6.90. The Labute approximate surface area is 180 Å². The third-order valence-electron chi connectivity index (χ3n) is 7.35. The van der Waals surface area contributed by atoms with Gasteiger partial charge in [0.15, 0.2) is 0 Å². The van der Waals surface area contributed by atoms with Gasteiger partial charge in [-0.1, -0.05) is 13.0 Å². The van der Waals surface area contributed by atoms with E-state index in [1.807, 2.05) is 19.1 Å². The lowest BCUT2D eigenvalue weighted by Gasteiger charge is -2.36. The maximum absolute atomic E-state index is 13.3. The van der Waals surface area contributed by atoms with Crippen molar-refractivity contribution in [2.75, 3.05) is 23.3 Å². The van der Waals surface area contributed by atoms with Crippen molar-refractivity contribution in [2.45, 2.75) is 51.5 Å². The fourth-order valence-electron chi connectivity index (χ4n) is 5.07. The minimum Gasteiger partial charge on any atom is -0.371 e. The average Bonchev–Trinajstić information content (AvgIpc) is 3.38. The Balaban J connectivity index is 1.39. The molecule has 1 aromatic carbocycles. The Kier molecular flexibility index (Phi) is 4.50. The third-order valence-corrected chi connectivity index (χ3v) is 7.35. The maximum atomic E-state index is 13.3. The lowest BCUT2D eigenvalue weighted by Crippen LogP contribution is -2.41. The molecule has 2 saturated carbocycles. The first-order valence-electron chi connectivity index (χ1n) is 10.9. The van der Waals surface area contributed by atoms with Gasteiger partial charge in [0.05, 0.1) is 5.56 Å². The number of hydrogen-bond acceptors (Lipinski definition) is 3. The normalized spacial score (nSPS) is 26.7. The first-order chi connectivity index (χ1) is 14.7. The number of rotatable bonds is 4. The number of anilines is 2. The Morgan fingerprint density at radius 2 is 1.97 bits per heavy atom. The molecule has 1 N–H and O–H groups in total. The number of aromatic nitrogens is 1. The summed E-state index contributed by atoms with van der Waals surface area (Å²) in [5, 5.41) is 2.73. The number of nitrogens with one attached hydrogen (secondary N) is 1. The predicted molar refractivity (Wildman–Crippen MR) is 116 cm³/mol. The number of nitrogens with zero attached hydrogens (tertiary/aromatic N) is 2. The zero-order valence-corrected chi connectivity index (χ0v) is 17.8. The Morgan fingerprint density at radius 1 is 1.19 bits per heavy atom. The van der Waals surface area contributed by atoms with Crippen LogP contribution in [-0.2, 0) is 0 Å². The zero-order valence-electron chi connectivity index (χ0n) is 17.8. The number of piperidine rings is 1. The highest BCUT2D eigenvalue weighted by Gasteiger charge is 2.52. The number of amides is 1. The Hall–Kier alpha value is -2.70. The molecule has 2 heterocycles. The summed E-state index contributed by atoms with van der Waals surface area (Å²) in [6.07, 6.45) is 3.17. The van der Waals surface area contributed by atoms with E-state index in [-0.39, 0.29) is 24.4 Å². The van der Waals surface area contributed by atoms with E-state index in [9.17, 15) is 18.4 Å². The highest BCUT2D eigenvalue weighted by atomic mass is 19.3. The van der Waals surface area contributed by atoms with Crippen molar-refractivity contribution in [1.29, 1.82) is 0 Å². The molecule has 5 nitrogen and oxygen atoms in total. The fraction of sp³-hybridized carbons (Fsp3) is 0.500. The highest BCUT2D eigenvalue weighted by Crippen LogP contribution is 2.57. The number of halogens is 2. The standard InChI is InChI=1S/C24H27F2N3O2/c1-15-5-6-18(20(10-15)28-9-7-23(2)11-16(23)14-28)21(30)27-19-4-3-8-29(22(19)31)17-12-24(25,26)13-17/h3-6,8,10,16-17H,7,9,11-14H2,1-2H3,(H,27,30). The van der Waals surface area contributed by atoms with Gasteiger partial charge >= 0.3 is 0 Å². The molecule has 1 aromatic heterocycles. The van der Waals surface area contributed by atoms with Crippen LogP contribution >= 0.6 is 0 Å². The predicted octanol–water partition coefficient (Wildman–Crippen LogP) is 4.62. The van der Waals surface area contributed by atoms with E-state index in [2.05, 4.69) is 17.1 Å². The molecule has 0 spiro atoms. The van der Waals surface area contributed by atoms with Gasteiger partial charge in [-0.2, -0.15) is 0 Å². The quantitative estimate of drug-likeness (QED) is 0.775. The molecular weight excluding hydrogens is 400 g/mol. The molecule has 2 atom stereocenters. The molecular formula is C24H27F2N3O2. The summed E-state index contributed by atoms with van der Waals surface area (Å²) in [5.41, 5.74) is 2.61. The van der Waals surface area contributed by atoms with Crippen molar-refractivity contribution in [3.63, 3.8) is 0 Å². The van der Waals surface area contributed by atoms with Crippen molar-refractivity contribution in [3.05, 3.63) is 58.0 Å². The minimum absolute atomic E-state index is 0.114. The molecule has 3 fully saturated rings. The van der Waals surface area contributed by atoms with E-state index >= 15 is 0 Å². The van der Waals surface area contributed by atoms with Crippen molar-refractivity contribution in [2.24, 2.45) is 11.3 Å². The number of fused-ring (bicyclic) bond motifs is 1. The summed E-state index contributed by atoms with van der Waals surface area (Å²) >= 11 is 0. The topological polar surface area (TPSA) is 54.3 Å². The van der Waals surface area contributed by atoms with Crippen LogP contribution in [0.5, 0.6) is 0 Å². The van der Waals surface area contributed by atoms with Crippen LogP contribution in [0.4, 0.5) is 20.2 Å². The summed E-state index contributed by atoms with van der Waals surface area (Å²) in [5.74, 6) is -2.40. The van der Waals surface area contributed by atoms with E-state index in [0.717, 1.165) is 30.8 Å². The van der Waals surface area contributed by atoms with Gasteiger partial charge in [0.25, 0.3) is 17.4 Å². The van der Waals surface area contributed by atoms with E-state index in [0.29, 0.717) is 16.9 Å². The van der Waals surface area contributed by atoms with E-state index < -0.39 is 17.5 Å². The molecule has 1 saturated heterocycles. The summed E-state index contributed by atoms with van der Waals surface area (Å²) < 4.78 is 27.8. The maximum Gasteiger partial charge on any atom is 0.274 e. The summed E-state index contributed by atoms with van der Waals surface area (Å²) in [6.45, 7) is 6.18. The number of carbonyl (C=O) groups is 1. The van der Waals surface area contributed by atoms with Crippen LogP contribution in [0.1, 0.15) is 54.6 Å². The molecule has 1 aliphatic heterocycles. The monoisotopic (exact) mass is 427 g/mol. The van der Waals surface area contributed by atoms with Crippen molar-refractivity contribution in [1.82, 2.24) is 4.57 Å². The van der Waals surface area contributed by atoms with Crippen LogP contribution in [0.15, 0.2) is 41.3 Å². The summed E-state index contributed by atoms with van der Waals surface area (Å²) in [7, 11) is 0. The first kappa shape index (κ1) is 20.2. The molecule has 0 radical (unpaired) electrons. The van der Waals surface area contributed by atoms with Crippen LogP contribution in [0.2, 0.25) is 0 Å². The molecule has 5 rings (SSSR count). The van der Waals surface area contributed by atoms with Gasteiger partial charge in [-0.05, 0) is 60.9 Å². The molecule has 2 unspecified atom stereocenters. The average molecular weight is 427 g/mol. The molecule has 2 aliphatic carbocycles. The number of aryl methyl sites for hydroxylation is 1. The summed E-state index contributed by atoms with van der Waals surface area (Å²) in [4.78, 5) is 28.2. The van der Waals surface area contributed by atoms with Gasteiger partial charge in [-0.3, -0.25) is 9.59 Å². The lowest BCUT2D eigenvalue weighted by molar-refractivity contribution is -0.104. The molecule has 3 aliphatic rings. The van der Waals surface area contributed by atoms with Crippen LogP contribution in [0.3, 0.4) is 0 Å². The number of pyridine rings is 1. The smallest absolute Gasteiger partial charge is 0.274 e. The zero-order chi connectivity index (χ0) is 22.0. The van der Waals surface area contributed by atoms with E-state index in [1.54, 1.807) is 12.1 Å². The van der Waals surface area contributed by atoms with Crippen LogP contribution in [-0.4, -0.2) is 29.5 Å². The van der Waals surface area contributed by atoms with E-state index in [1.165, 1.54) is 23.3 Å². The number of alkyl halides is 2. The highest BCUT2D eigenvalue weighted by molar-refractivity contribution is 6.08. The first-order valence-corrected chi connectivity index (χ1v) is 10.9. The largest absolute Gasteiger partial charge is 0.371 e. The number of carbonyl (C=O) groups excluding carboxylic acids is 1. The van der Waals surface area contributed by atoms with Crippen molar-refractivity contribution in [3.8, 4) is 0 Å². The number of benzene rings is 1. The minimum atomic E-state index is -2.72.